The Bertz CT molecular complexity index is 347. The minimum Gasteiger partial charge on any atom is -0.394 e. The van der Waals surface area contributed by atoms with Crippen LogP contribution < -0.4 is 5.32 Å². The van der Waals surface area contributed by atoms with E-state index in [0.717, 1.165) is 18.4 Å². The molecule has 1 amide bonds. The summed E-state index contributed by atoms with van der Waals surface area (Å²) in [6.45, 7) is 0.0368. The van der Waals surface area contributed by atoms with Gasteiger partial charge >= 0.3 is 0 Å². The maximum atomic E-state index is 11.6. The van der Waals surface area contributed by atoms with E-state index in [1.54, 1.807) is 12.4 Å². The molecular formula is C11H14N2O2. The third kappa shape index (κ3) is 2.53. The molecule has 80 valence electrons. The van der Waals surface area contributed by atoms with Crippen molar-refractivity contribution in [3.8, 4) is 0 Å². The van der Waals surface area contributed by atoms with Crippen molar-refractivity contribution in [2.45, 2.75) is 24.8 Å². The van der Waals surface area contributed by atoms with Crippen LogP contribution >= 0.6 is 0 Å². The molecule has 1 aliphatic carbocycles. The summed E-state index contributed by atoms with van der Waals surface area (Å²) in [5.74, 6) is -0.0345. The Labute approximate surface area is 88.3 Å². The molecule has 0 atom stereocenters. The van der Waals surface area contributed by atoms with Gasteiger partial charge in [0.05, 0.1) is 18.6 Å². The molecule has 0 aliphatic heterocycles. The molecule has 0 aromatic carbocycles. The number of rotatable bonds is 4. The van der Waals surface area contributed by atoms with Crippen LogP contribution in [0.1, 0.15) is 18.4 Å². The van der Waals surface area contributed by atoms with Gasteiger partial charge in [-0.3, -0.25) is 9.78 Å². The van der Waals surface area contributed by atoms with Crippen molar-refractivity contribution < 1.29 is 9.90 Å². The zero-order chi connectivity index (χ0) is 10.7. The Morgan fingerprint density at radius 1 is 1.47 bits per heavy atom. The van der Waals surface area contributed by atoms with Crippen LogP contribution in [0.4, 0.5) is 0 Å². The Balaban J connectivity index is 1.88. The molecule has 15 heavy (non-hydrogen) atoms. The number of hydrogen-bond acceptors (Lipinski definition) is 3. The molecule has 1 saturated carbocycles. The minimum atomic E-state index is -0.315. The molecule has 4 nitrogen and oxygen atoms in total. The lowest BCUT2D eigenvalue weighted by molar-refractivity contribution is -0.121. The normalized spacial score (nSPS) is 17.1. The van der Waals surface area contributed by atoms with Gasteiger partial charge in [-0.25, -0.2) is 0 Å². The zero-order valence-corrected chi connectivity index (χ0v) is 8.44. The molecule has 0 spiro atoms. The van der Waals surface area contributed by atoms with Gasteiger partial charge in [-0.05, 0) is 30.5 Å². The van der Waals surface area contributed by atoms with Crippen LogP contribution in [-0.2, 0) is 11.2 Å². The van der Waals surface area contributed by atoms with Crippen molar-refractivity contribution in [3.05, 3.63) is 30.1 Å². The maximum Gasteiger partial charge on any atom is 0.224 e. The molecule has 1 aromatic rings. The van der Waals surface area contributed by atoms with E-state index in [9.17, 15) is 4.79 Å². The summed E-state index contributed by atoms with van der Waals surface area (Å²) >= 11 is 0. The van der Waals surface area contributed by atoms with E-state index in [1.807, 2.05) is 12.1 Å². The Morgan fingerprint density at radius 3 is 2.67 bits per heavy atom. The number of aliphatic hydroxyl groups excluding tert-OH is 1. The summed E-state index contributed by atoms with van der Waals surface area (Å²) in [4.78, 5) is 15.5. The summed E-state index contributed by atoms with van der Waals surface area (Å²) in [6, 6.07) is 3.64. The van der Waals surface area contributed by atoms with Gasteiger partial charge in [0.1, 0.15) is 0 Å². The molecule has 0 unspecified atom stereocenters. The number of carbonyl (C=O) groups is 1. The Morgan fingerprint density at radius 2 is 2.13 bits per heavy atom. The van der Waals surface area contributed by atoms with Gasteiger partial charge < -0.3 is 10.4 Å². The van der Waals surface area contributed by atoms with Crippen LogP contribution in [0.25, 0.3) is 0 Å². The highest BCUT2D eigenvalue weighted by Gasteiger charge is 2.43. The van der Waals surface area contributed by atoms with Crippen molar-refractivity contribution in [1.29, 1.82) is 0 Å². The molecule has 4 heteroatoms. The molecule has 1 aromatic heterocycles. The van der Waals surface area contributed by atoms with Gasteiger partial charge in [-0.15, -0.1) is 0 Å². The first-order valence-electron chi connectivity index (χ1n) is 5.05. The lowest BCUT2D eigenvalue weighted by Crippen LogP contribution is -2.40. The molecule has 0 radical (unpaired) electrons. The van der Waals surface area contributed by atoms with Gasteiger partial charge in [0.15, 0.2) is 0 Å². The molecule has 2 rings (SSSR count). The van der Waals surface area contributed by atoms with Crippen LogP contribution in [0.3, 0.4) is 0 Å². The number of aromatic nitrogens is 1. The van der Waals surface area contributed by atoms with Gasteiger partial charge in [0.2, 0.25) is 5.91 Å². The largest absolute Gasteiger partial charge is 0.394 e. The third-order valence-electron chi connectivity index (χ3n) is 2.67. The molecule has 0 saturated heterocycles. The van der Waals surface area contributed by atoms with E-state index < -0.39 is 0 Å². The smallest absolute Gasteiger partial charge is 0.224 e. The number of hydrogen-bond donors (Lipinski definition) is 2. The van der Waals surface area contributed by atoms with Gasteiger partial charge in [-0.1, -0.05) is 0 Å². The second kappa shape index (κ2) is 3.98. The number of amides is 1. The highest BCUT2D eigenvalue weighted by atomic mass is 16.3. The van der Waals surface area contributed by atoms with Crippen LogP contribution in [0.15, 0.2) is 24.5 Å². The summed E-state index contributed by atoms with van der Waals surface area (Å²) < 4.78 is 0. The SMILES string of the molecule is O=C(Cc1ccncc1)NC1(CO)CC1. The van der Waals surface area contributed by atoms with Gasteiger partial charge in [0.25, 0.3) is 0 Å². The second-order valence-electron chi connectivity index (χ2n) is 4.02. The van der Waals surface area contributed by atoms with E-state index >= 15 is 0 Å². The lowest BCUT2D eigenvalue weighted by Gasteiger charge is -2.13. The first-order valence-corrected chi connectivity index (χ1v) is 5.05. The fraction of sp³-hybridized carbons (Fsp3) is 0.455. The molecular weight excluding hydrogens is 192 g/mol. The quantitative estimate of drug-likeness (QED) is 0.743. The zero-order valence-electron chi connectivity index (χ0n) is 8.44. The van der Waals surface area contributed by atoms with E-state index in [2.05, 4.69) is 10.3 Å². The van der Waals surface area contributed by atoms with Crippen LogP contribution in [-0.4, -0.2) is 28.1 Å². The van der Waals surface area contributed by atoms with Crippen molar-refractivity contribution in [3.63, 3.8) is 0 Å². The summed E-state index contributed by atoms with van der Waals surface area (Å²) in [7, 11) is 0. The fourth-order valence-electron chi connectivity index (χ4n) is 1.50. The number of nitrogens with zero attached hydrogens (tertiary/aromatic N) is 1. The summed E-state index contributed by atoms with van der Waals surface area (Å²) in [6.07, 6.45) is 5.45. The first kappa shape index (κ1) is 10.1. The maximum absolute atomic E-state index is 11.6. The number of aliphatic hydroxyl groups is 1. The van der Waals surface area contributed by atoms with E-state index in [1.165, 1.54) is 0 Å². The Kier molecular flexibility index (Phi) is 2.68. The second-order valence-corrected chi connectivity index (χ2v) is 4.02. The third-order valence-corrected chi connectivity index (χ3v) is 2.67. The molecule has 0 bridgehead atoms. The van der Waals surface area contributed by atoms with Crippen LogP contribution in [0.5, 0.6) is 0 Å². The lowest BCUT2D eigenvalue weighted by atomic mass is 10.2. The highest BCUT2D eigenvalue weighted by molar-refractivity contribution is 5.79. The molecule has 1 fully saturated rings. The van der Waals surface area contributed by atoms with Crippen LogP contribution in [0, 0.1) is 0 Å². The number of nitrogens with one attached hydrogen (secondary N) is 1. The van der Waals surface area contributed by atoms with Crippen molar-refractivity contribution >= 4 is 5.91 Å². The van der Waals surface area contributed by atoms with E-state index in [-0.39, 0.29) is 18.1 Å². The topological polar surface area (TPSA) is 62.2 Å². The highest BCUT2D eigenvalue weighted by Crippen LogP contribution is 2.34. The molecule has 1 heterocycles. The number of carbonyl (C=O) groups excluding carboxylic acids is 1. The fourth-order valence-corrected chi connectivity index (χ4v) is 1.50. The van der Waals surface area contributed by atoms with E-state index in [4.69, 9.17) is 5.11 Å². The Hall–Kier alpha value is -1.42. The van der Waals surface area contributed by atoms with E-state index in [0.29, 0.717) is 6.42 Å². The standard InChI is InChI=1S/C11H14N2O2/c14-8-11(3-4-11)13-10(15)7-9-1-5-12-6-2-9/h1-2,5-6,14H,3-4,7-8H2,(H,13,15). The van der Waals surface area contributed by atoms with Crippen molar-refractivity contribution in [2.75, 3.05) is 6.61 Å². The predicted molar refractivity (Wildman–Crippen MR) is 55.1 cm³/mol. The summed E-state index contributed by atoms with van der Waals surface area (Å²) in [5.41, 5.74) is 0.626. The predicted octanol–water partition coefficient (Wildman–Crippen LogP) is 0.265. The minimum absolute atomic E-state index is 0.0345. The monoisotopic (exact) mass is 206 g/mol. The van der Waals surface area contributed by atoms with Gasteiger partial charge in [-0.2, -0.15) is 0 Å². The molecule has 2 N–H and O–H groups in total. The number of pyridine rings is 1. The van der Waals surface area contributed by atoms with Crippen molar-refractivity contribution in [1.82, 2.24) is 10.3 Å². The average molecular weight is 206 g/mol. The van der Waals surface area contributed by atoms with Crippen LogP contribution in [0.2, 0.25) is 0 Å². The van der Waals surface area contributed by atoms with Gasteiger partial charge in [0, 0.05) is 12.4 Å². The molecule has 1 aliphatic rings. The first-order chi connectivity index (χ1) is 7.24. The summed E-state index contributed by atoms with van der Waals surface area (Å²) in [5, 5.41) is 11.9. The average Bonchev–Trinajstić information content (AvgIpc) is 3.00. The van der Waals surface area contributed by atoms with Crippen molar-refractivity contribution in [2.24, 2.45) is 0 Å².